The van der Waals surface area contributed by atoms with E-state index < -0.39 is 0 Å². The normalized spacial score (nSPS) is 16.2. The summed E-state index contributed by atoms with van der Waals surface area (Å²) in [6.45, 7) is 3.51. The highest BCUT2D eigenvalue weighted by molar-refractivity contribution is 5.93. The molecule has 1 N–H and O–H groups in total. The lowest BCUT2D eigenvalue weighted by Gasteiger charge is -2.33. The van der Waals surface area contributed by atoms with E-state index in [1.807, 2.05) is 48.5 Å². The number of rotatable bonds is 6. The summed E-state index contributed by atoms with van der Waals surface area (Å²) >= 11 is 0. The third-order valence-corrected chi connectivity index (χ3v) is 5.30. The van der Waals surface area contributed by atoms with Gasteiger partial charge in [0.05, 0.1) is 5.92 Å². The zero-order valence-corrected chi connectivity index (χ0v) is 17.1. The monoisotopic (exact) mass is 402 g/mol. The molecule has 2 heterocycles. The number of hydrogen-bond donors (Lipinski definition) is 1. The Morgan fingerprint density at radius 2 is 1.97 bits per heavy atom. The van der Waals surface area contributed by atoms with Crippen LogP contribution in [0.1, 0.15) is 25.3 Å². The Morgan fingerprint density at radius 1 is 1.13 bits per heavy atom. The Bertz CT molecular complexity index is 993. The minimum Gasteiger partial charge on any atom is -0.436 e. The van der Waals surface area contributed by atoms with E-state index in [2.05, 4.69) is 33.2 Å². The lowest BCUT2D eigenvalue weighted by Crippen LogP contribution is -2.41. The van der Waals surface area contributed by atoms with Gasteiger partial charge in [-0.25, -0.2) is 9.97 Å². The molecule has 0 spiro atoms. The van der Waals surface area contributed by atoms with E-state index in [0.29, 0.717) is 24.0 Å². The maximum Gasteiger partial charge on any atom is 0.263 e. The van der Waals surface area contributed by atoms with Gasteiger partial charge in [-0.15, -0.1) is 0 Å². The molecule has 154 valence electrons. The fourth-order valence-corrected chi connectivity index (χ4v) is 3.70. The van der Waals surface area contributed by atoms with Gasteiger partial charge in [0.2, 0.25) is 5.91 Å². The number of aryl methyl sites for hydroxylation is 1. The van der Waals surface area contributed by atoms with E-state index in [1.54, 1.807) is 12.4 Å². The van der Waals surface area contributed by atoms with Gasteiger partial charge in [-0.05, 0) is 49.1 Å². The van der Waals surface area contributed by atoms with Crippen LogP contribution in [0.2, 0.25) is 0 Å². The topological polar surface area (TPSA) is 67.4 Å². The quantitative estimate of drug-likeness (QED) is 0.648. The number of amides is 1. The van der Waals surface area contributed by atoms with E-state index >= 15 is 0 Å². The van der Waals surface area contributed by atoms with E-state index in [4.69, 9.17) is 4.74 Å². The Kier molecular flexibility index (Phi) is 6.23. The molecule has 30 heavy (non-hydrogen) atoms. The summed E-state index contributed by atoms with van der Waals surface area (Å²) < 4.78 is 5.96. The summed E-state index contributed by atoms with van der Waals surface area (Å²) in [5.74, 6) is 1.77. The Morgan fingerprint density at radius 3 is 2.80 bits per heavy atom. The van der Waals surface area contributed by atoms with E-state index in [0.717, 1.165) is 31.5 Å². The van der Waals surface area contributed by atoms with Crippen molar-refractivity contribution in [3.63, 3.8) is 0 Å². The van der Waals surface area contributed by atoms with E-state index in [1.165, 1.54) is 5.56 Å². The smallest absolute Gasteiger partial charge is 0.263 e. The van der Waals surface area contributed by atoms with Crippen molar-refractivity contribution in [1.82, 2.24) is 9.97 Å². The van der Waals surface area contributed by atoms with Crippen molar-refractivity contribution >= 4 is 17.4 Å². The first-order chi connectivity index (χ1) is 14.7. The number of hydrogen-bond acceptors (Lipinski definition) is 5. The van der Waals surface area contributed by atoms with Gasteiger partial charge in [0.15, 0.2) is 5.82 Å². The standard InChI is InChI=1S/C24H26N4O2/c1-2-18-8-6-10-20(16-18)27-23(29)19-9-7-15-28(17-19)22-24(26-14-13-25-22)30-21-11-4-3-5-12-21/h3-6,8,10-14,16,19H,2,7,9,15,17H2,1H3,(H,27,29)/t19-/m0/s1. The highest BCUT2D eigenvalue weighted by Gasteiger charge is 2.28. The Labute approximate surface area is 176 Å². The Balaban J connectivity index is 1.47. The molecule has 1 aromatic heterocycles. The second kappa shape index (κ2) is 9.39. The van der Waals surface area contributed by atoms with Crippen molar-refractivity contribution in [3.8, 4) is 11.6 Å². The lowest BCUT2D eigenvalue weighted by molar-refractivity contribution is -0.120. The van der Waals surface area contributed by atoms with Crippen LogP contribution in [-0.4, -0.2) is 29.0 Å². The SMILES string of the molecule is CCc1cccc(NC(=O)[C@H]2CCCN(c3nccnc3Oc3ccccc3)C2)c1. The number of ether oxygens (including phenoxy) is 1. The highest BCUT2D eigenvalue weighted by Crippen LogP contribution is 2.31. The average molecular weight is 402 g/mol. The molecule has 1 saturated heterocycles. The fourth-order valence-electron chi connectivity index (χ4n) is 3.70. The summed E-state index contributed by atoms with van der Waals surface area (Å²) in [4.78, 5) is 23.9. The molecule has 1 fully saturated rings. The molecule has 1 amide bonds. The average Bonchev–Trinajstić information content (AvgIpc) is 2.80. The van der Waals surface area contributed by atoms with Gasteiger partial charge in [0.25, 0.3) is 5.88 Å². The van der Waals surface area contributed by atoms with Crippen LogP contribution < -0.4 is 15.0 Å². The maximum absolute atomic E-state index is 12.9. The number of nitrogens with one attached hydrogen (secondary N) is 1. The molecule has 2 aromatic carbocycles. The number of para-hydroxylation sites is 1. The molecule has 6 nitrogen and oxygen atoms in total. The molecule has 1 aliphatic rings. The molecular formula is C24H26N4O2. The third-order valence-electron chi connectivity index (χ3n) is 5.30. The van der Waals surface area contributed by atoms with Crippen LogP contribution in [0.4, 0.5) is 11.5 Å². The van der Waals surface area contributed by atoms with Crippen LogP contribution in [0.15, 0.2) is 67.0 Å². The van der Waals surface area contributed by atoms with Crippen molar-refractivity contribution in [1.29, 1.82) is 0 Å². The molecule has 0 radical (unpaired) electrons. The third kappa shape index (κ3) is 4.76. The van der Waals surface area contributed by atoms with Crippen LogP contribution >= 0.6 is 0 Å². The number of piperidine rings is 1. The van der Waals surface area contributed by atoms with Gasteiger partial charge >= 0.3 is 0 Å². The van der Waals surface area contributed by atoms with Gasteiger partial charge in [-0.1, -0.05) is 37.3 Å². The predicted molar refractivity (Wildman–Crippen MR) is 118 cm³/mol. The molecule has 0 bridgehead atoms. The predicted octanol–water partition coefficient (Wildman–Crippen LogP) is 4.69. The van der Waals surface area contributed by atoms with Crippen LogP contribution in [0, 0.1) is 5.92 Å². The molecule has 6 heteroatoms. The van der Waals surface area contributed by atoms with Crippen molar-refractivity contribution in [3.05, 3.63) is 72.6 Å². The van der Waals surface area contributed by atoms with Crippen LogP contribution in [0.5, 0.6) is 11.6 Å². The minimum absolute atomic E-state index is 0.0439. The molecule has 4 rings (SSSR count). The molecule has 0 aliphatic carbocycles. The zero-order chi connectivity index (χ0) is 20.8. The molecule has 1 atom stereocenters. The first-order valence-electron chi connectivity index (χ1n) is 10.4. The van der Waals surface area contributed by atoms with Gasteiger partial charge in [0.1, 0.15) is 5.75 Å². The van der Waals surface area contributed by atoms with Crippen molar-refractivity contribution in [2.75, 3.05) is 23.3 Å². The summed E-state index contributed by atoms with van der Waals surface area (Å²) in [5.41, 5.74) is 2.06. The highest BCUT2D eigenvalue weighted by atomic mass is 16.5. The fraction of sp³-hybridized carbons (Fsp3) is 0.292. The van der Waals surface area contributed by atoms with E-state index in [9.17, 15) is 4.79 Å². The second-order valence-corrected chi connectivity index (χ2v) is 7.43. The minimum atomic E-state index is -0.115. The largest absolute Gasteiger partial charge is 0.436 e. The van der Waals surface area contributed by atoms with Gasteiger partial charge in [-0.2, -0.15) is 0 Å². The van der Waals surface area contributed by atoms with Gasteiger partial charge in [0, 0.05) is 31.2 Å². The first kappa shape index (κ1) is 19.9. The summed E-state index contributed by atoms with van der Waals surface area (Å²) in [5, 5.41) is 3.08. The summed E-state index contributed by atoms with van der Waals surface area (Å²) in [7, 11) is 0. The number of benzene rings is 2. The first-order valence-corrected chi connectivity index (χ1v) is 10.4. The molecule has 0 saturated carbocycles. The second-order valence-electron chi connectivity index (χ2n) is 7.43. The number of carbonyl (C=O) groups is 1. The maximum atomic E-state index is 12.9. The molecule has 1 aliphatic heterocycles. The van der Waals surface area contributed by atoms with Gasteiger partial charge in [-0.3, -0.25) is 4.79 Å². The van der Waals surface area contributed by atoms with Crippen molar-refractivity contribution in [2.45, 2.75) is 26.2 Å². The zero-order valence-electron chi connectivity index (χ0n) is 17.1. The van der Waals surface area contributed by atoms with Gasteiger partial charge < -0.3 is 15.0 Å². The number of aromatic nitrogens is 2. The van der Waals surface area contributed by atoms with Crippen LogP contribution in [0.25, 0.3) is 0 Å². The lowest BCUT2D eigenvalue weighted by atomic mass is 9.97. The number of anilines is 2. The Hall–Kier alpha value is -3.41. The van der Waals surface area contributed by atoms with Crippen LogP contribution in [0.3, 0.4) is 0 Å². The van der Waals surface area contributed by atoms with Crippen molar-refractivity contribution < 1.29 is 9.53 Å². The molecular weight excluding hydrogens is 376 g/mol. The van der Waals surface area contributed by atoms with Crippen LogP contribution in [-0.2, 0) is 11.2 Å². The number of carbonyl (C=O) groups excluding carboxylic acids is 1. The summed E-state index contributed by atoms with van der Waals surface area (Å²) in [6.07, 6.45) is 5.99. The van der Waals surface area contributed by atoms with E-state index in [-0.39, 0.29) is 11.8 Å². The molecule has 0 unspecified atom stereocenters. The summed E-state index contributed by atoms with van der Waals surface area (Å²) in [6, 6.07) is 17.6. The van der Waals surface area contributed by atoms with Crippen molar-refractivity contribution in [2.24, 2.45) is 5.92 Å². The molecule has 3 aromatic rings. The number of nitrogens with zero attached hydrogens (tertiary/aromatic N) is 3.